The van der Waals surface area contributed by atoms with Crippen LogP contribution in [0.25, 0.3) is 0 Å². The number of hydrogen-bond donors (Lipinski definition) is 2. The van der Waals surface area contributed by atoms with Gasteiger partial charge in [0, 0.05) is 19.4 Å². The molecule has 2 rings (SSSR count). The Kier molecular flexibility index (Phi) is 4.29. The molecule has 0 amide bonds. The number of nitrogens with two attached hydrogens (primary N) is 1. The minimum Gasteiger partial charge on any atom is -0.495 e. The zero-order chi connectivity index (χ0) is 15.5. The summed E-state index contributed by atoms with van der Waals surface area (Å²) in [4.78, 5) is 3.83. The zero-order valence-corrected chi connectivity index (χ0v) is 12.5. The van der Waals surface area contributed by atoms with Crippen molar-refractivity contribution in [3.8, 4) is 5.75 Å². The molecule has 0 radical (unpaired) electrons. The molecule has 0 aliphatic heterocycles. The van der Waals surface area contributed by atoms with Gasteiger partial charge in [-0.05, 0) is 18.2 Å². The second kappa shape index (κ2) is 5.98. The Morgan fingerprint density at radius 2 is 2.00 bits per heavy atom. The van der Waals surface area contributed by atoms with Crippen LogP contribution < -0.4 is 20.3 Å². The van der Waals surface area contributed by atoms with E-state index in [9.17, 15) is 8.42 Å². The van der Waals surface area contributed by atoms with Crippen LogP contribution in [0.3, 0.4) is 0 Å². The molecule has 0 aliphatic carbocycles. The van der Waals surface area contributed by atoms with Gasteiger partial charge >= 0.3 is 0 Å². The number of benzene rings is 1. The largest absolute Gasteiger partial charge is 0.495 e. The van der Waals surface area contributed by atoms with Crippen LogP contribution in [-0.2, 0) is 10.0 Å². The summed E-state index contributed by atoms with van der Waals surface area (Å²) >= 11 is 0. The number of nitrogens with zero attached hydrogens (tertiary/aromatic N) is 2. The van der Waals surface area contributed by atoms with Gasteiger partial charge < -0.3 is 10.2 Å². The summed E-state index contributed by atoms with van der Waals surface area (Å²) in [5.74, 6) is 5.81. The molecule has 0 aliphatic rings. The Labute approximate surface area is 123 Å². The fraction of sp³-hybridized carbons (Fsp3) is 0.154. The van der Waals surface area contributed by atoms with Crippen molar-refractivity contribution in [3.05, 3.63) is 42.7 Å². The number of anilines is 2. The molecule has 3 N–H and O–H groups in total. The van der Waals surface area contributed by atoms with Crippen molar-refractivity contribution in [2.75, 3.05) is 23.9 Å². The Hall–Kier alpha value is -2.32. The van der Waals surface area contributed by atoms with Gasteiger partial charge in [0.1, 0.15) is 10.6 Å². The van der Waals surface area contributed by atoms with Crippen molar-refractivity contribution in [1.29, 1.82) is 0 Å². The molecule has 0 saturated heterocycles. The van der Waals surface area contributed by atoms with Crippen molar-refractivity contribution in [2.24, 2.45) is 5.84 Å². The normalized spacial score (nSPS) is 11.0. The van der Waals surface area contributed by atoms with Gasteiger partial charge in [-0.2, -0.15) is 0 Å². The van der Waals surface area contributed by atoms with Crippen LogP contribution in [0, 0.1) is 0 Å². The highest BCUT2D eigenvalue weighted by Gasteiger charge is 2.26. The topological polar surface area (TPSA) is 97.5 Å². The van der Waals surface area contributed by atoms with Crippen molar-refractivity contribution >= 4 is 21.4 Å². The molecule has 0 atom stereocenters. The van der Waals surface area contributed by atoms with E-state index in [-0.39, 0.29) is 10.6 Å². The number of rotatable bonds is 5. The van der Waals surface area contributed by atoms with Crippen molar-refractivity contribution in [3.63, 3.8) is 0 Å². The van der Waals surface area contributed by atoms with E-state index in [1.54, 1.807) is 24.3 Å². The molecule has 2 aromatic rings. The first kappa shape index (κ1) is 15.1. The summed E-state index contributed by atoms with van der Waals surface area (Å²) in [6.45, 7) is 0. The van der Waals surface area contributed by atoms with Crippen LogP contribution in [-0.4, -0.2) is 27.6 Å². The standard InChI is InChI=1S/C13H16N4O3S/c1-17(11-5-3-4-6-12(11)20-2)21(18,19)13-9-15-8-7-10(13)16-14/h3-9H,14H2,1-2H3,(H,15,16). The van der Waals surface area contributed by atoms with Gasteiger partial charge in [0.15, 0.2) is 0 Å². The van der Waals surface area contributed by atoms with Crippen molar-refractivity contribution in [2.45, 2.75) is 4.90 Å². The highest BCUT2D eigenvalue weighted by atomic mass is 32.2. The quantitative estimate of drug-likeness (QED) is 0.636. The SMILES string of the molecule is COc1ccccc1N(C)S(=O)(=O)c1cnccc1NN. The molecule has 1 heterocycles. The number of sulfonamides is 1. The number of nitrogens with one attached hydrogen (secondary N) is 1. The summed E-state index contributed by atoms with van der Waals surface area (Å²) in [7, 11) is -0.892. The van der Waals surface area contributed by atoms with E-state index in [1.165, 1.54) is 32.6 Å². The number of aromatic nitrogens is 1. The molecule has 0 unspecified atom stereocenters. The van der Waals surface area contributed by atoms with E-state index in [1.807, 2.05) is 0 Å². The van der Waals surface area contributed by atoms with Gasteiger partial charge in [-0.1, -0.05) is 12.1 Å². The zero-order valence-electron chi connectivity index (χ0n) is 11.6. The van der Waals surface area contributed by atoms with Gasteiger partial charge in [0.2, 0.25) is 0 Å². The lowest BCUT2D eigenvalue weighted by atomic mass is 10.3. The van der Waals surface area contributed by atoms with Crippen molar-refractivity contribution < 1.29 is 13.2 Å². The van der Waals surface area contributed by atoms with E-state index in [2.05, 4.69) is 10.4 Å². The number of para-hydroxylation sites is 2. The Balaban J connectivity index is 2.53. The van der Waals surface area contributed by atoms with E-state index in [0.29, 0.717) is 11.4 Å². The number of hydrogen-bond acceptors (Lipinski definition) is 6. The number of hydrazine groups is 1. The van der Waals surface area contributed by atoms with Gasteiger partial charge in [0.25, 0.3) is 10.0 Å². The van der Waals surface area contributed by atoms with Crippen LogP contribution in [0.4, 0.5) is 11.4 Å². The van der Waals surface area contributed by atoms with Gasteiger partial charge in [-0.25, -0.2) is 8.42 Å². The third kappa shape index (κ3) is 2.76. The summed E-state index contributed by atoms with van der Waals surface area (Å²) in [5.41, 5.74) is 3.05. The fourth-order valence-corrected chi connectivity index (χ4v) is 3.18. The van der Waals surface area contributed by atoms with Crippen LogP contribution in [0.5, 0.6) is 5.75 Å². The maximum Gasteiger partial charge on any atom is 0.267 e. The first-order chi connectivity index (χ1) is 10.0. The smallest absolute Gasteiger partial charge is 0.267 e. The number of ether oxygens (including phenoxy) is 1. The molecule has 0 saturated carbocycles. The summed E-state index contributed by atoms with van der Waals surface area (Å²) in [5, 5.41) is 0. The maximum absolute atomic E-state index is 12.7. The van der Waals surface area contributed by atoms with Gasteiger partial charge in [-0.15, -0.1) is 0 Å². The second-order valence-corrected chi connectivity index (χ2v) is 6.10. The molecule has 0 fully saturated rings. The van der Waals surface area contributed by atoms with Crippen LogP contribution in [0.2, 0.25) is 0 Å². The molecule has 7 nitrogen and oxygen atoms in total. The van der Waals surface area contributed by atoms with Crippen molar-refractivity contribution in [1.82, 2.24) is 4.98 Å². The predicted octanol–water partition coefficient (Wildman–Crippen LogP) is 1.20. The highest BCUT2D eigenvalue weighted by molar-refractivity contribution is 7.93. The highest BCUT2D eigenvalue weighted by Crippen LogP contribution is 2.32. The number of methoxy groups -OCH3 is 1. The monoisotopic (exact) mass is 308 g/mol. The average molecular weight is 308 g/mol. The summed E-state index contributed by atoms with van der Waals surface area (Å²) in [6.07, 6.45) is 2.70. The average Bonchev–Trinajstić information content (AvgIpc) is 2.53. The molecule has 0 spiro atoms. The molecular formula is C13H16N4O3S. The van der Waals surface area contributed by atoms with Gasteiger partial charge in [0.05, 0.1) is 18.5 Å². The maximum atomic E-state index is 12.7. The summed E-state index contributed by atoms with van der Waals surface area (Å²) < 4.78 is 31.8. The van der Waals surface area contributed by atoms with E-state index < -0.39 is 10.0 Å². The summed E-state index contributed by atoms with van der Waals surface area (Å²) in [6, 6.07) is 8.33. The third-order valence-electron chi connectivity index (χ3n) is 3.00. The lowest BCUT2D eigenvalue weighted by Gasteiger charge is -2.22. The second-order valence-electron chi connectivity index (χ2n) is 4.16. The van der Waals surface area contributed by atoms with E-state index in [0.717, 1.165) is 4.31 Å². The predicted molar refractivity (Wildman–Crippen MR) is 80.6 cm³/mol. The van der Waals surface area contributed by atoms with Crippen LogP contribution >= 0.6 is 0 Å². The third-order valence-corrected chi connectivity index (χ3v) is 4.80. The Morgan fingerprint density at radius 1 is 1.29 bits per heavy atom. The first-order valence-electron chi connectivity index (χ1n) is 6.05. The molecule has 0 bridgehead atoms. The van der Waals surface area contributed by atoms with Gasteiger partial charge in [-0.3, -0.25) is 15.1 Å². The lowest BCUT2D eigenvalue weighted by Crippen LogP contribution is -2.28. The molecule has 112 valence electrons. The number of nitrogen functional groups attached to an aromatic ring is 1. The van der Waals surface area contributed by atoms with Crippen LogP contribution in [0.1, 0.15) is 0 Å². The molecule has 21 heavy (non-hydrogen) atoms. The minimum atomic E-state index is -3.82. The minimum absolute atomic E-state index is 0.0130. The molecule has 1 aromatic carbocycles. The first-order valence-corrected chi connectivity index (χ1v) is 7.49. The van der Waals surface area contributed by atoms with E-state index in [4.69, 9.17) is 10.6 Å². The van der Waals surface area contributed by atoms with E-state index >= 15 is 0 Å². The van der Waals surface area contributed by atoms with Crippen LogP contribution in [0.15, 0.2) is 47.6 Å². The lowest BCUT2D eigenvalue weighted by molar-refractivity contribution is 0.416. The number of pyridine rings is 1. The molecule has 1 aromatic heterocycles. The Morgan fingerprint density at radius 3 is 2.67 bits per heavy atom. The molecule has 8 heteroatoms. The fourth-order valence-electron chi connectivity index (χ4n) is 1.87. The Bertz CT molecular complexity index is 734. The molecular weight excluding hydrogens is 292 g/mol.